The van der Waals surface area contributed by atoms with Gasteiger partial charge in [-0.05, 0) is 59.2 Å². The van der Waals surface area contributed by atoms with Gasteiger partial charge < -0.3 is 0 Å². The molecule has 15 heavy (non-hydrogen) atoms. The Morgan fingerprint density at radius 3 is 2.40 bits per heavy atom. The summed E-state index contributed by atoms with van der Waals surface area (Å²) in [6.07, 6.45) is 7.71. The van der Waals surface area contributed by atoms with Gasteiger partial charge in [-0.15, -0.1) is 0 Å². The van der Waals surface area contributed by atoms with Gasteiger partial charge in [0.05, 0.1) is 0 Å². The summed E-state index contributed by atoms with van der Waals surface area (Å²) in [5, 5.41) is 0. The predicted molar refractivity (Wildman–Crippen MR) is 62.5 cm³/mol. The quantitative estimate of drug-likeness (QED) is 0.553. The molecule has 0 nitrogen and oxygen atoms in total. The third-order valence-electron chi connectivity index (χ3n) is 7.97. The van der Waals surface area contributed by atoms with Crippen molar-refractivity contribution in [3.63, 3.8) is 0 Å². The standard InChI is InChI=1S/C15H24/c1-12(2)10-6-9-15-8-5-7-13(15,3)14(15,4)11(10)12/h10-11H,5-9H2,1-4H3/t10-,11-,13+,14+,15-/m0/s1. The van der Waals surface area contributed by atoms with Gasteiger partial charge in [0, 0.05) is 0 Å². The van der Waals surface area contributed by atoms with E-state index in [1.54, 1.807) is 19.3 Å². The van der Waals surface area contributed by atoms with Crippen molar-refractivity contribution in [1.82, 2.24) is 0 Å². The van der Waals surface area contributed by atoms with Crippen molar-refractivity contribution >= 4 is 0 Å². The topological polar surface area (TPSA) is 0 Å². The lowest BCUT2D eigenvalue weighted by Crippen LogP contribution is -2.20. The van der Waals surface area contributed by atoms with Gasteiger partial charge in [0.1, 0.15) is 0 Å². The molecule has 0 heteroatoms. The van der Waals surface area contributed by atoms with Crippen molar-refractivity contribution in [2.45, 2.75) is 59.8 Å². The summed E-state index contributed by atoms with van der Waals surface area (Å²) in [5.41, 5.74) is 2.97. The van der Waals surface area contributed by atoms with Crippen LogP contribution in [0.2, 0.25) is 0 Å². The molecule has 4 rings (SSSR count). The normalized spacial score (nSPS) is 68.0. The first-order chi connectivity index (χ1) is 6.92. The molecule has 5 atom stereocenters. The van der Waals surface area contributed by atoms with E-state index in [1.165, 1.54) is 12.8 Å². The van der Waals surface area contributed by atoms with Gasteiger partial charge in [-0.25, -0.2) is 0 Å². The lowest BCUT2D eigenvalue weighted by molar-refractivity contribution is 0.212. The molecule has 0 N–H and O–H groups in total. The van der Waals surface area contributed by atoms with Gasteiger partial charge in [0.25, 0.3) is 0 Å². The van der Waals surface area contributed by atoms with Crippen LogP contribution in [-0.4, -0.2) is 0 Å². The van der Waals surface area contributed by atoms with Crippen LogP contribution < -0.4 is 0 Å². The number of rotatable bonds is 0. The molecular formula is C15H24. The summed E-state index contributed by atoms with van der Waals surface area (Å²) < 4.78 is 0. The molecule has 0 heterocycles. The van der Waals surface area contributed by atoms with Crippen molar-refractivity contribution in [2.24, 2.45) is 33.5 Å². The maximum atomic E-state index is 2.65. The average Bonchev–Trinajstić information content (AvgIpc) is 2.77. The van der Waals surface area contributed by atoms with Crippen molar-refractivity contribution in [3.8, 4) is 0 Å². The van der Waals surface area contributed by atoms with E-state index in [9.17, 15) is 0 Å². The highest BCUT2D eigenvalue weighted by atomic mass is 14.9. The predicted octanol–water partition coefficient (Wildman–Crippen LogP) is 4.25. The molecule has 0 saturated heterocycles. The zero-order valence-electron chi connectivity index (χ0n) is 10.7. The van der Waals surface area contributed by atoms with Gasteiger partial charge >= 0.3 is 0 Å². The first-order valence-corrected chi connectivity index (χ1v) is 6.92. The highest BCUT2D eigenvalue weighted by Crippen LogP contribution is 2.97. The molecule has 0 radical (unpaired) electrons. The fourth-order valence-corrected chi connectivity index (χ4v) is 7.12. The molecule has 4 aliphatic carbocycles. The van der Waals surface area contributed by atoms with E-state index in [2.05, 4.69) is 27.7 Å². The average molecular weight is 204 g/mol. The van der Waals surface area contributed by atoms with Gasteiger partial charge in [-0.2, -0.15) is 0 Å². The smallest absolute Gasteiger partial charge is 0.0168 e. The summed E-state index contributed by atoms with van der Waals surface area (Å²) >= 11 is 0. The van der Waals surface area contributed by atoms with E-state index in [1.807, 2.05) is 0 Å². The SMILES string of the molecule is CC1(C)[C@H]2CC[C@@]34CCC[C@]3(C)[C@@]4(C)[C@@H]21. The van der Waals surface area contributed by atoms with Crippen LogP contribution >= 0.6 is 0 Å². The zero-order valence-corrected chi connectivity index (χ0v) is 10.7. The third kappa shape index (κ3) is 0.579. The van der Waals surface area contributed by atoms with E-state index >= 15 is 0 Å². The van der Waals surface area contributed by atoms with E-state index in [0.717, 1.165) is 28.1 Å². The minimum Gasteiger partial charge on any atom is -0.0593 e. The Balaban J connectivity index is 1.83. The maximum Gasteiger partial charge on any atom is -0.0168 e. The lowest BCUT2D eigenvalue weighted by atomic mass is 9.77. The monoisotopic (exact) mass is 204 g/mol. The summed E-state index contributed by atoms with van der Waals surface area (Å²) in [7, 11) is 0. The van der Waals surface area contributed by atoms with Crippen molar-refractivity contribution in [2.75, 3.05) is 0 Å². The first-order valence-electron chi connectivity index (χ1n) is 6.92. The third-order valence-corrected chi connectivity index (χ3v) is 7.97. The molecule has 4 fully saturated rings. The molecule has 0 aromatic rings. The minimum atomic E-state index is 0.686. The van der Waals surface area contributed by atoms with E-state index in [4.69, 9.17) is 0 Å². The van der Waals surface area contributed by atoms with Gasteiger partial charge in [-0.3, -0.25) is 0 Å². The largest absolute Gasteiger partial charge is 0.0593 e. The highest BCUT2D eigenvalue weighted by molar-refractivity contribution is 5.38. The van der Waals surface area contributed by atoms with Crippen LogP contribution in [0, 0.1) is 33.5 Å². The van der Waals surface area contributed by atoms with Gasteiger partial charge in [0.15, 0.2) is 0 Å². The molecular weight excluding hydrogens is 180 g/mol. The molecule has 4 aliphatic rings. The molecule has 1 spiro atoms. The van der Waals surface area contributed by atoms with Crippen molar-refractivity contribution < 1.29 is 0 Å². The Morgan fingerprint density at radius 2 is 1.67 bits per heavy atom. The van der Waals surface area contributed by atoms with Crippen molar-refractivity contribution in [3.05, 3.63) is 0 Å². The molecule has 0 aromatic heterocycles. The van der Waals surface area contributed by atoms with Gasteiger partial charge in [-0.1, -0.05) is 34.1 Å². The van der Waals surface area contributed by atoms with E-state index < -0.39 is 0 Å². The molecule has 0 bridgehead atoms. The first kappa shape index (κ1) is 9.07. The van der Waals surface area contributed by atoms with Crippen molar-refractivity contribution in [1.29, 1.82) is 0 Å². The number of fused-ring (bicyclic) bond motifs is 3. The highest BCUT2D eigenvalue weighted by Gasteiger charge is 2.91. The Labute approximate surface area is 93.8 Å². The Morgan fingerprint density at radius 1 is 0.933 bits per heavy atom. The van der Waals surface area contributed by atoms with E-state index in [-0.39, 0.29) is 0 Å². The van der Waals surface area contributed by atoms with Crippen LogP contribution in [0.25, 0.3) is 0 Å². The lowest BCUT2D eigenvalue weighted by Gasteiger charge is -2.27. The fourth-order valence-electron chi connectivity index (χ4n) is 7.12. The maximum absolute atomic E-state index is 2.65. The number of hydrogen-bond acceptors (Lipinski definition) is 0. The Bertz CT molecular complexity index is 355. The molecule has 0 amide bonds. The summed E-state index contributed by atoms with van der Waals surface area (Å²) in [6.45, 7) is 10.3. The van der Waals surface area contributed by atoms with Crippen LogP contribution in [0.15, 0.2) is 0 Å². The minimum absolute atomic E-state index is 0.686. The van der Waals surface area contributed by atoms with E-state index in [0.29, 0.717) is 5.41 Å². The molecule has 84 valence electrons. The summed E-state index contributed by atoms with van der Waals surface area (Å²) in [5.74, 6) is 2.15. The Kier molecular flexibility index (Phi) is 1.17. The van der Waals surface area contributed by atoms with Crippen LogP contribution in [0.1, 0.15) is 59.8 Å². The fraction of sp³-hybridized carbons (Fsp3) is 1.00. The van der Waals surface area contributed by atoms with Crippen LogP contribution in [0.5, 0.6) is 0 Å². The van der Waals surface area contributed by atoms with Crippen LogP contribution in [0.3, 0.4) is 0 Å². The Hall–Kier alpha value is 0. The molecule has 0 aliphatic heterocycles. The molecule has 0 aromatic carbocycles. The number of hydrogen-bond donors (Lipinski definition) is 0. The van der Waals surface area contributed by atoms with Crippen LogP contribution in [-0.2, 0) is 0 Å². The summed E-state index contributed by atoms with van der Waals surface area (Å²) in [4.78, 5) is 0. The second kappa shape index (κ2) is 1.93. The van der Waals surface area contributed by atoms with Gasteiger partial charge in [0.2, 0.25) is 0 Å². The second-order valence-electron chi connectivity index (χ2n) is 7.91. The van der Waals surface area contributed by atoms with Crippen LogP contribution in [0.4, 0.5) is 0 Å². The summed E-state index contributed by atoms with van der Waals surface area (Å²) in [6, 6.07) is 0. The molecule has 0 unspecified atom stereocenters. The second-order valence-corrected chi connectivity index (χ2v) is 7.91. The zero-order chi connectivity index (χ0) is 10.7. The molecule has 4 saturated carbocycles.